The number of rotatable bonds is 6. The molecule has 0 aliphatic rings. The Kier molecular flexibility index (Phi) is 6.11. The highest BCUT2D eigenvalue weighted by Gasteiger charge is 2.11. The average Bonchev–Trinajstić information content (AvgIpc) is 2.49. The van der Waals surface area contributed by atoms with E-state index in [1.807, 2.05) is 45.0 Å². The molecule has 0 bridgehead atoms. The highest BCUT2D eigenvalue weighted by atomic mass is 35.5. The maximum absolute atomic E-state index is 12.2. The fourth-order valence-electron chi connectivity index (χ4n) is 2.11. The number of benzene rings is 1. The lowest BCUT2D eigenvalue weighted by molar-refractivity contribution is 0.0946. The zero-order valence-corrected chi connectivity index (χ0v) is 15.1. The van der Waals surface area contributed by atoms with E-state index < -0.39 is 0 Å². The normalized spacial score (nSPS) is 10.8. The predicted molar refractivity (Wildman–Crippen MR) is 97.1 cm³/mol. The molecule has 2 aromatic rings. The molecule has 1 aromatic carbocycles. The van der Waals surface area contributed by atoms with Crippen LogP contribution in [-0.2, 0) is 0 Å². The van der Waals surface area contributed by atoms with E-state index in [-0.39, 0.29) is 5.91 Å². The SMILES string of the molecule is Cc1cc(C(=O)NCCN(C)C)nc(Nc2ccc(Cl)cc2C)n1. The number of hydrogen-bond donors (Lipinski definition) is 2. The van der Waals surface area contributed by atoms with Crippen molar-refractivity contribution in [1.82, 2.24) is 20.2 Å². The van der Waals surface area contributed by atoms with Crippen LogP contribution in [0, 0.1) is 13.8 Å². The van der Waals surface area contributed by atoms with Crippen LogP contribution in [-0.4, -0.2) is 48.0 Å². The van der Waals surface area contributed by atoms with Crippen LogP contribution in [0.3, 0.4) is 0 Å². The molecule has 24 heavy (non-hydrogen) atoms. The molecule has 0 radical (unpaired) electrons. The van der Waals surface area contributed by atoms with Gasteiger partial charge in [0.15, 0.2) is 0 Å². The van der Waals surface area contributed by atoms with Gasteiger partial charge in [-0.25, -0.2) is 9.97 Å². The second-order valence-corrected chi connectivity index (χ2v) is 6.30. The molecule has 0 aliphatic carbocycles. The Hall–Kier alpha value is -2.18. The molecule has 0 unspecified atom stereocenters. The van der Waals surface area contributed by atoms with Gasteiger partial charge in [0.1, 0.15) is 5.69 Å². The van der Waals surface area contributed by atoms with E-state index >= 15 is 0 Å². The molecule has 0 aliphatic heterocycles. The molecule has 7 heteroatoms. The largest absolute Gasteiger partial charge is 0.349 e. The summed E-state index contributed by atoms with van der Waals surface area (Å²) in [5, 5.41) is 6.66. The average molecular weight is 348 g/mol. The molecule has 0 spiro atoms. The highest BCUT2D eigenvalue weighted by molar-refractivity contribution is 6.30. The summed E-state index contributed by atoms with van der Waals surface area (Å²) in [6, 6.07) is 7.18. The van der Waals surface area contributed by atoms with Gasteiger partial charge in [-0.05, 0) is 57.8 Å². The van der Waals surface area contributed by atoms with Crippen molar-refractivity contribution >= 4 is 29.1 Å². The molecule has 1 heterocycles. The summed E-state index contributed by atoms with van der Waals surface area (Å²) in [6.45, 7) is 5.11. The maximum Gasteiger partial charge on any atom is 0.270 e. The van der Waals surface area contributed by atoms with Crippen LogP contribution in [0.5, 0.6) is 0 Å². The summed E-state index contributed by atoms with van der Waals surface area (Å²) in [4.78, 5) is 22.9. The van der Waals surface area contributed by atoms with Crippen molar-refractivity contribution in [3.05, 3.63) is 46.2 Å². The minimum atomic E-state index is -0.210. The Bertz CT molecular complexity index is 733. The maximum atomic E-state index is 12.2. The number of hydrogen-bond acceptors (Lipinski definition) is 5. The summed E-state index contributed by atoms with van der Waals surface area (Å²) in [5.74, 6) is 0.177. The number of likely N-dealkylation sites (N-methyl/N-ethyl adjacent to an activating group) is 1. The van der Waals surface area contributed by atoms with E-state index in [0.717, 1.165) is 23.5 Å². The molecule has 1 aromatic heterocycles. The Morgan fingerprint density at radius 3 is 2.62 bits per heavy atom. The first kappa shape index (κ1) is 18.2. The lowest BCUT2D eigenvalue weighted by atomic mass is 10.2. The van der Waals surface area contributed by atoms with Gasteiger partial charge >= 0.3 is 0 Å². The fourth-order valence-corrected chi connectivity index (χ4v) is 2.34. The summed E-state index contributed by atoms with van der Waals surface area (Å²) >= 11 is 5.97. The summed E-state index contributed by atoms with van der Waals surface area (Å²) in [6.07, 6.45) is 0. The zero-order chi connectivity index (χ0) is 17.7. The fraction of sp³-hybridized carbons (Fsp3) is 0.353. The van der Waals surface area contributed by atoms with Gasteiger partial charge in [0.05, 0.1) is 0 Å². The summed E-state index contributed by atoms with van der Waals surface area (Å²) < 4.78 is 0. The van der Waals surface area contributed by atoms with Crippen molar-refractivity contribution in [2.24, 2.45) is 0 Å². The molecule has 0 atom stereocenters. The van der Waals surface area contributed by atoms with Crippen LogP contribution in [0.2, 0.25) is 5.02 Å². The van der Waals surface area contributed by atoms with E-state index in [9.17, 15) is 4.79 Å². The van der Waals surface area contributed by atoms with Gasteiger partial charge in [0.2, 0.25) is 5.95 Å². The molecule has 2 rings (SSSR count). The number of aromatic nitrogens is 2. The number of nitrogens with one attached hydrogen (secondary N) is 2. The van der Waals surface area contributed by atoms with Crippen molar-refractivity contribution in [1.29, 1.82) is 0 Å². The minimum absolute atomic E-state index is 0.210. The Labute approximate surface area is 147 Å². The molecule has 2 N–H and O–H groups in total. The summed E-state index contributed by atoms with van der Waals surface area (Å²) in [7, 11) is 3.91. The van der Waals surface area contributed by atoms with Crippen LogP contribution in [0.15, 0.2) is 24.3 Å². The van der Waals surface area contributed by atoms with Crippen molar-refractivity contribution in [2.45, 2.75) is 13.8 Å². The van der Waals surface area contributed by atoms with Gasteiger partial charge in [-0.3, -0.25) is 4.79 Å². The number of amides is 1. The third-order valence-electron chi connectivity index (χ3n) is 3.37. The number of carbonyl (C=O) groups excluding carboxylic acids is 1. The smallest absolute Gasteiger partial charge is 0.270 e. The number of halogens is 1. The third-order valence-corrected chi connectivity index (χ3v) is 3.60. The Balaban J connectivity index is 2.14. The van der Waals surface area contributed by atoms with Gasteiger partial charge in [-0.15, -0.1) is 0 Å². The van der Waals surface area contributed by atoms with Crippen molar-refractivity contribution in [2.75, 3.05) is 32.5 Å². The van der Waals surface area contributed by atoms with E-state index in [0.29, 0.717) is 23.2 Å². The molecular weight excluding hydrogens is 326 g/mol. The molecule has 0 saturated heterocycles. The number of carbonyl (C=O) groups is 1. The lowest BCUT2D eigenvalue weighted by Crippen LogP contribution is -2.32. The van der Waals surface area contributed by atoms with Gasteiger partial charge in [0, 0.05) is 29.5 Å². The molecule has 1 amide bonds. The quantitative estimate of drug-likeness (QED) is 0.840. The number of nitrogens with zero attached hydrogens (tertiary/aromatic N) is 3. The Morgan fingerprint density at radius 2 is 1.96 bits per heavy atom. The van der Waals surface area contributed by atoms with Crippen LogP contribution < -0.4 is 10.6 Å². The molecule has 6 nitrogen and oxygen atoms in total. The molecule has 0 saturated carbocycles. The second-order valence-electron chi connectivity index (χ2n) is 5.86. The molecule has 128 valence electrons. The molecule has 0 fully saturated rings. The van der Waals surface area contributed by atoms with Gasteiger partial charge < -0.3 is 15.5 Å². The standard InChI is InChI=1S/C17H22ClN5O/c1-11-9-13(18)5-6-14(11)21-17-20-12(2)10-15(22-17)16(24)19-7-8-23(3)4/h5-6,9-10H,7-8H2,1-4H3,(H,19,24)(H,20,21,22). The van der Waals surface area contributed by atoms with E-state index in [2.05, 4.69) is 20.6 Å². The predicted octanol–water partition coefficient (Wildman–Crippen LogP) is 2.78. The lowest BCUT2D eigenvalue weighted by Gasteiger charge is -2.12. The zero-order valence-electron chi connectivity index (χ0n) is 14.4. The van der Waals surface area contributed by atoms with Crippen LogP contribution >= 0.6 is 11.6 Å². The van der Waals surface area contributed by atoms with Crippen molar-refractivity contribution in [3.63, 3.8) is 0 Å². The number of anilines is 2. The van der Waals surface area contributed by atoms with Gasteiger partial charge in [-0.2, -0.15) is 0 Å². The first-order valence-corrected chi connectivity index (χ1v) is 8.05. The van der Waals surface area contributed by atoms with E-state index in [4.69, 9.17) is 11.6 Å². The van der Waals surface area contributed by atoms with Gasteiger partial charge in [-0.1, -0.05) is 11.6 Å². The topological polar surface area (TPSA) is 70.2 Å². The second kappa shape index (κ2) is 8.08. The monoisotopic (exact) mass is 347 g/mol. The van der Waals surface area contributed by atoms with Crippen LogP contribution in [0.4, 0.5) is 11.6 Å². The first-order chi connectivity index (χ1) is 11.3. The third kappa shape index (κ3) is 5.18. The summed E-state index contributed by atoms with van der Waals surface area (Å²) in [5.41, 5.74) is 2.89. The van der Waals surface area contributed by atoms with Crippen LogP contribution in [0.1, 0.15) is 21.7 Å². The minimum Gasteiger partial charge on any atom is -0.349 e. The van der Waals surface area contributed by atoms with Crippen molar-refractivity contribution in [3.8, 4) is 0 Å². The van der Waals surface area contributed by atoms with Crippen LogP contribution in [0.25, 0.3) is 0 Å². The van der Waals surface area contributed by atoms with Crippen molar-refractivity contribution < 1.29 is 4.79 Å². The van der Waals surface area contributed by atoms with E-state index in [1.54, 1.807) is 12.1 Å². The Morgan fingerprint density at radius 1 is 1.21 bits per heavy atom. The first-order valence-electron chi connectivity index (χ1n) is 7.67. The highest BCUT2D eigenvalue weighted by Crippen LogP contribution is 2.22. The molecular formula is C17H22ClN5O. The van der Waals surface area contributed by atoms with Gasteiger partial charge in [0.25, 0.3) is 5.91 Å². The van der Waals surface area contributed by atoms with E-state index in [1.165, 1.54) is 0 Å². The number of aryl methyl sites for hydroxylation is 2.